The highest BCUT2D eigenvalue weighted by Gasteiger charge is 2.31. The van der Waals surface area contributed by atoms with Crippen LogP contribution in [0.3, 0.4) is 0 Å². The van der Waals surface area contributed by atoms with E-state index in [1.807, 2.05) is 0 Å². The average Bonchev–Trinajstić information content (AvgIpc) is 3.27. The highest BCUT2D eigenvalue weighted by Crippen LogP contribution is 2.43. The molecule has 2 aliphatic rings. The number of nitrogens with zero attached hydrogens (tertiary/aromatic N) is 2. The highest BCUT2D eigenvalue weighted by molar-refractivity contribution is 14.1. The van der Waals surface area contributed by atoms with Crippen molar-refractivity contribution in [3.8, 4) is 0 Å². The first-order valence-corrected chi connectivity index (χ1v) is 9.08. The van der Waals surface area contributed by atoms with Gasteiger partial charge in [-0.05, 0) is 61.1 Å². The topological polar surface area (TPSA) is 37.8 Å². The Morgan fingerprint density at radius 1 is 1.05 bits per heavy atom. The highest BCUT2D eigenvalue weighted by atomic mass is 127. The third-order valence-electron chi connectivity index (χ3n) is 4.58. The molecule has 0 aromatic carbocycles. The standard InChI is InChI=1S/C16H24IN3/c1-3-18-16-13(17)14(11-8-9-11)19-15(20-16)12-6-4-10(2)5-7-12/h10-12H,3-9H2,1-2H3,(H,18,19,20). The van der Waals surface area contributed by atoms with Gasteiger partial charge in [0.15, 0.2) is 0 Å². The van der Waals surface area contributed by atoms with E-state index in [9.17, 15) is 0 Å². The number of aromatic nitrogens is 2. The third-order valence-corrected chi connectivity index (χ3v) is 5.65. The Bertz CT molecular complexity index is 477. The van der Waals surface area contributed by atoms with Crippen molar-refractivity contribution in [3.05, 3.63) is 15.1 Å². The third kappa shape index (κ3) is 3.10. The molecule has 1 heterocycles. The van der Waals surface area contributed by atoms with E-state index >= 15 is 0 Å². The zero-order valence-electron chi connectivity index (χ0n) is 12.5. The first kappa shape index (κ1) is 14.5. The summed E-state index contributed by atoms with van der Waals surface area (Å²) in [5, 5.41) is 3.43. The predicted molar refractivity (Wildman–Crippen MR) is 91.3 cm³/mol. The molecule has 20 heavy (non-hydrogen) atoms. The van der Waals surface area contributed by atoms with Crippen molar-refractivity contribution in [2.45, 2.75) is 64.2 Å². The normalized spacial score (nSPS) is 26.6. The van der Waals surface area contributed by atoms with Gasteiger partial charge >= 0.3 is 0 Å². The van der Waals surface area contributed by atoms with Gasteiger partial charge in [0.05, 0.1) is 9.26 Å². The van der Waals surface area contributed by atoms with E-state index in [-0.39, 0.29) is 0 Å². The number of hydrogen-bond donors (Lipinski definition) is 1. The smallest absolute Gasteiger partial charge is 0.143 e. The van der Waals surface area contributed by atoms with Gasteiger partial charge in [-0.15, -0.1) is 0 Å². The summed E-state index contributed by atoms with van der Waals surface area (Å²) < 4.78 is 1.25. The molecular formula is C16H24IN3. The van der Waals surface area contributed by atoms with E-state index in [1.165, 1.54) is 47.8 Å². The van der Waals surface area contributed by atoms with Crippen molar-refractivity contribution in [3.63, 3.8) is 0 Å². The maximum Gasteiger partial charge on any atom is 0.143 e. The van der Waals surface area contributed by atoms with Gasteiger partial charge in [0.1, 0.15) is 11.6 Å². The molecule has 3 rings (SSSR count). The summed E-state index contributed by atoms with van der Waals surface area (Å²) in [6, 6.07) is 0. The Kier molecular flexibility index (Phi) is 4.48. The second-order valence-corrected chi connectivity index (χ2v) is 7.47. The van der Waals surface area contributed by atoms with Crippen molar-refractivity contribution >= 4 is 28.4 Å². The Morgan fingerprint density at radius 3 is 2.30 bits per heavy atom. The van der Waals surface area contributed by atoms with Gasteiger partial charge in [-0.25, -0.2) is 9.97 Å². The maximum absolute atomic E-state index is 4.97. The van der Waals surface area contributed by atoms with Crippen LogP contribution in [0.4, 0.5) is 5.82 Å². The number of nitrogens with one attached hydrogen (secondary N) is 1. The number of anilines is 1. The molecule has 0 aliphatic heterocycles. The zero-order chi connectivity index (χ0) is 14.1. The van der Waals surface area contributed by atoms with Crippen LogP contribution in [0.5, 0.6) is 0 Å². The quantitative estimate of drug-likeness (QED) is 0.765. The molecule has 0 radical (unpaired) electrons. The van der Waals surface area contributed by atoms with Gasteiger partial charge in [-0.1, -0.05) is 19.8 Å². The Labute approximate surface area is 135 Å². The van der Waals surface area contributed by atoms with Crippen LogP contribution in [0.2, 0.25) is 0 Å². The first-order valence-electron chi connectivity index (χ1n) is 8.00. The van der Waals surface area contributed by atoms with Gasteiger partial charge < -0.3 is 5.32 Å². The van der Waals surface area contributed by atoms with Crippen LogP contribution < -0.4 is 5.32 Å². The van der Waals surface area contributed by atoms with Gasteiger partial charge in [0.2, 0.25) is 0 Å². The molecule has 3 nitrogen and oxygen atoms in total. The van der Waals surface area contributed by atoms with Crippen LogP contribution in [0.15, 0.2) is 0 Å². The molecule has 0 bridgehead atoms. The molecule has 0 saturated heterocycles. The summed E-state index contributed by atoms with van der Waals surface area (Å²) in [7, 11) is 0. The lowest BCUT2D eigenvalue weighted by Crippen LogP contribution is -2.16. The van der Waals surface area contributed by atoms with Crippen LogP contribution in [-0.4, -0.2) is 16.5 Å². The molecule has 0 unspecified atom stereocenters. The van der Waals surface area contributed by atoms with Crippen LogP contribution >= 0.6 is 22.6 Å². The second-order valence-electron chi connectivity index (χ2n) is 6.39. The van der Waals surface area contributed by atoms with E-state index in [0.717, 1.165) is 24.1 Å². The zero-order valence-corrected chi connectivity index (χ0v) is 14.6. The van der Waals surface area contributed by atoms with E-state index in [4.69, 9.17) is 9.97 Å². The average molecular weight is 385 g/mol. The van der Waals surface area contributed by atoms with Crippen LogP contribution in [0, 0.1) is 9.49 Å². The molecule has 1 N–H and O–H groups in total. The molecule has 0 spiro atoms. The van der Waals surface area contributed by atoms with Crippen LogP contribution in [-0.2, 0) is 0 Å². The molecule has 110 valence electrons. The van der Waals surface area contributed by atoms with Crippen molar-refractivity contribution in [2.24, 2.45) is 5.92 Å². The van der Waals surface area contributed by atoms with Crippen molar-refractivity contribution < 1.29 is 0 Å². The summed E-state index contributed by atoms with van der Waals surface area (Å²) in [5.74, 6) is 4.33. The summed E-state index contributed by atoms with van der Waals surface area (Å²) >= 11 is 2.42. The lowest BCUT2D eigenvalue weighted by molar-refractivity contribution is 0.339. The number of halogens is 1. The monoisotopic (exact) mass is 385 g/mol. The van der Waals surface area contributed by atoms with E-state index in [1.54, 1.807) is 0 Å². The maximum atomic E-state index is 4.97. The van der Waals surface area contributed by atoms with E-state index < -0.39 is 0 Å². The molecule has 2 aliphatic carbocycles. The predicted octanol–water partition coefficient (Wildman–Crippen LogP) is 4.68. The summed E-state index contributed by atoms with van der Waals surface area (Å²) in [6.45, 7) is 5.43. The van der Waals surface area contributed by atoms with E-state index in [2.05, 4.69) is 41.8 Å². The minimum Gasteiger partial charge on any atom is -0.369 e. The first-order chi connectivity index (χ1) is 9.69. The molecular weight excluding hydrogens is 361 g/mol. The largest absolute Gasteiger partial charge is 0.369 e. The SMILES string of the molecule is CCNc1nc(C2CCC(C)CC2)nc(C2CC2)c1I. The Hall–Kier alpha value is -0.390. The molecule has 1 aromatic rings. The minimum absolute atomic E-state index is 0.582. The fraction of sp³-hybridized carbons (Fsp3) is 0.750. The van der Waals surface area contributed by atoms with Gasteiger partial charge in [0, 0.05) is 18.4 Å². The number of rotatable bonds is 4. The second kappa shape index (κ2) is 6.16. The summed E-state index contributed by atoms with van der Waals surface area (Å²) in [6.07, 6.45) is 7.79. The van der Waals surface area contributed by atoms with Crippen molar-refractivity contribution in [1.82, 2.24) is 9.97 Å². The molecule has 0 atom stereocenters. The molecule has 2 fully saturated rings. The lowest BCUT2D eigenvalue weighted by Gasteiger charge is -2.26. The van der Waals surface area contributed by atoms with Gasteiger partial charge in [0.25, 0.3) is 0 Å². The molecule has 2 saturated carbocycles. The summed E-state index contributed by atoms with van der Waals surface area (Å²) in [4.78, 5) is 9.82. The van der Waals surface area contributed by atoms with Gasteiger partial charge in [-0.3, -0.25) is 0 Å². The summed E-state index contributed by atoms with van der Waals surface area (Å²) in [5.41, 5.74) is 1.31. The lowest BCUT2D eigenvalue weighted by atomic mass is 9.82. The van der Waals surface area contributed by atoms with Crippen molar-refractivity contribution in [1.29, 1.82) is 0 Å². The fourth-order valence-electron chi connectivity index (χ4n) is 3.10. The van der Waals surface area contributed by atoms with Crippen molar-refractivity contribution in [2.75, 3.05) is 11.9 Å². The van der Waals surface area contributed by atoms with Crippen LogP contribution in [0.25, 0.3) is 0 Å². The van der Waals surface area contributed by atoms with E-state index in [0.29, 0.717) is 11.8 Å². The molecule has 1 aromatic heterocycles. The minimum atomic E-state index is 0.582. The molecule has 0 amide bonds. The molecule has 4 heteroatoms. The van der Waals surface area contributed by atoms with Gasteiger partial charge in [-0.2, -0.15) is 0 Å². The fourth-order valence-corrected chi connectivity index (χ4v) is 3.97. The Balaban J connectivity index is 1.89. The van der Waals surface area contributed by atoms with Crippen LogP contribution in [0.1, 0.15) is 75.7 Å². The Morgan fingerprint density at radius 2 is 1.70 bits per heavy atom. The number of hydrogen-bond acceptors (Lipinski definition) is 3.